The van der Waals surface area contributed by atoms with Crippen molar-refractivity contribution in [2.24, 2.45) is 0 Å². The molecule has 0 unspecified atom stereocenters. The van der Waals surface area contributed by atoms with Crippen molar-refractivity contribution in [3.63, 3.8) is 0 Å². The van der Waals surface area contributed by atoms with E-state index in [1.807, 2.05) is 18.5 Å². The molecule has 0 amide bonds. The molecule has 0 atom stereocenters. The van der Waals surface area contributed by atoms with Gasteiger partial charge >= 0.3 is 0 Å². The minimum absolute atomic E-state index is 0.834. The number of hydrogen-bond donors (Lipinski definition) is 1. The van der Waals surface area contributed by atoms with Crippen LogP contribution in [0, 0.1) is 0 Å². The number of nitrogens with one attached hydrogen (secondary N) is 1. The van der Waals surface area contributed by atoms with Crippen molar-refractivity contribution < 1.29 is 0 Å². The molecule has 0 bridgehead atoms. The lowest BCUT2D eigenvalue weighted by Crippen LogP contribution is -2.12. The Hall–Kier alpha value is -0.630. The van der Waals surface area contributed by atoms with Gasteiger partial charge in [-0.2, -0.15) is 0 Å². The van der Waals surface area contributed by atoms with E-state index in [0.29, 0.717) is 0 Å². The molecule has 2 aromatic heterocycles. The minimum atomic E-state index is 0.834. The Bertz CT molecular complexity index is 501. The van der Waals surface area contributed by atoms with Crippen molar-refractivity contribution in [2.45, 2.75) is 27.2 Å². The summed E-state index contributed by atoms with van der Waals surface area (Å²) in [5, 5.41) is 12.6. The highest BCUT2D eigenvalue weighted by molar-refractivity contribution is 8.03. The Morgan fingerprint density at radius 2 is 2.17 bits per heavy atom. The van der Waals surface area contributed by atoms with Gasteiger partial charge < -0.3 is 5.32 Å². The molecular weight excluding hydrogens is 284 g/mol. The molecule has 0 saturated heterocycles. The van der Waals surface area contributed by atoms with Gasteiger partial charge in [-0.25, -0.2) is 4.98 Å². The van der Waals surface area contributed by atoms with Crippen molar-refractivity contribution in [1.29, 1.82) is 0 Å². The van der Waals surface area contributed by atoms with Crippen LogP contribution in [-0.2, 0) is 6.54 Å². The number of aromatic nitrogens is 3. The van der Waals surface area contributed by atoms with Crippen LogP contribution in [0.2, 0.25) is 0 Å². The second-order valence-corrected chi connectivity index (χ2v) is 6.65. The smallest absolute Gasteiger partial charge is 0.181 e. The fourth-order valence-corrected chi connectivity index (χ4v) is 3.75. The molecular formula is C11H14N4S3. The van der Waals surface area contributed by atoms with E-state index in [1.165, 1.54) is 5.56 Å². The van der Waals surface area contributed by atoms with Gasteiger partial charge in [0.2, 0.25) is 0 Å². The minimum Gasteiger partial charge on any atom is -0.313 e. The maximum absolute atomic E-state index is 4.42. The maximum atomic E-state index is 4.42. The number of pyridine rings is 1. The van der Waals surface area contributed by atoms with Crippen LogP contribution in [0.1, 0.15) is 12.5 Å². The van der Waals surface area contributed by atoms with Gasteiger partial charge in [-0.15, -0.1) is 10.2 Å². The van der Waals surface area contributed by atoms with Crippen molar-refractivity contribution in [3.8, 4) is 0 Å². The molecule has 2 rings (SSSR count). The van der Waals surface area contributed by atoms with Crippen LogP contribution in [0.5, 0.6) is 0 Å². The summed E-state index contributed by atoms with van der Waals surface area (Å²) in [7, 11) is 0. The standard InChI is InChI=1S/C11H14N4S3/c1-3-12-7-8-5-4-6-13-9(8)17-11-15-14-10(16-2)18-11/h4-6,12H,3,7H2,1-2H3. The van der Waals surface area contributed by atoms with Crippen LogP contribution in [-0.4, -0.2) is 28.0 Å². The van der Waals surface area contributed by atoms with Crippen LogP contribution in [0.3, 0.4) is 0 Å². The first-order valence-corrected chi connectivity index (χ1v) is 8.39. The van der Waals surface area contributed by atoms with Gasteiger partial charge in [0.25, 0.3) is 0 Å². The molecule has 0 aliphatic rings. The van der Waals surface area contributed by atoms with E-state index in [0.717, 1.165) is 26.8 Å². The van der Waals surface area contributed by atoms with Crippen molar-refractivity contribution in [3.05, 3.63) is 23.9 Å². The highest BCUT2D eigenvalue weighted by atomic mass is 32.2. The third-order valence-electron chi connectivity index (χ3n) is 2.16. The molecule has 0 spiro atoms. The first-order valence-electron chi connectivity index (χ1n) is 5.53. The van der Waals surface area contributed by atoms with E-state index >= 15 is 0 Å². The Kier molecular flexibility index (Phi) is 5.43. The van der Waals surface area contributed by atoms with Gasteiger partial charge in [-0.05, 0) is 36.2 Å². The van der Waals surface area contributed by atoms with Gasteiger partial charge in [0.05, 0.1) is 0 Å². The molecule has 0 saturated carbocycles. The third kappa shape index (κ3) is 3.68. The summed E-state index contributed by atoms with van der Waals surface area (Å²) >= 11 is 4.80. The van der Waals surface area contributed by atoms with Crippen LogP contribution in [0.25, 0.3) is 0 Å². The first kappa shape index (κ1) is 13.8. The molecule has 4 nitrogen and oxygen atoms in total. The highest BCUT2D eigenvalue weighted by Crippen LogP contribution is 2.33. The average Bonchev–Trinajstić information content (AvgIpc) is 2.85. The lowest BCUT2D eigenvalue weighted by Gasteiger charge is -2.06. The summed E-state index contributed by atoms with van der Waals surface area (Å²) < 4.78 is 1.93. The number of hydrogen-bond acceptors (Lipinski definition) is 7. The number of nitrogens with zero attached hydrogens (tertiary/aromatic N) is 3. The molecule has 0 aromatic carbocycles. The van der Waals surface area contributed by atoms with Gasteiger partial charge in [0, 0.05) is 12.7 Å². The number of thioether (sulfide) groups is 1. The van der Waals surface area contributed by atoms with Crippen LogP contribution < -0.4 is 5.32 Å². The lowest BCUT2D eigenvalue weighted by molar-refractivity contribution is 0.711. The molecule has 2 aromatic rings. The largest absolute Gasteiger partial charge is 0.313 e. The topological polar surface area (TPSA) is 50.7 Å². The van der Waals surface area contributed by atoms with Crippen LogP contribution in [0.15, 0.2) is 32.0 Å². The maximum Gasteiger partial charge on any atom is 0.181 e. The first-order chi connectivity index (χ1) is 8.83. The van der Waals surface area contributed by atoms with Crippen molar-refractivity contribution in [2.75, 3.05) is 12.8 Å². The molecule has 96 valence electrons. The zero-order chi connectivity index (χ0) is 12.8. The van der Waals surface area contributed by atoms with Gasteiger partial charge in [0.1, 0.15) is 5.03 Å². The highest BCUT2D eigenvalue weighted by Gasteiger charge is 2.09. The lowest BCUT2D eigenvalue weighted by atomic mass is 10.3. The predicted molar refractivity (Wildman–Crippen MR) is 77.4 cm³/mol. The van der Waals surface area contributed by atoms with E-state index in [1.54, 1.807) is 34.9 Å². The summed E-state index contributed by atoms with van der Waals surface area (Å²) in [5.41, 5.74) is 1.20. The SMILES string of the molecule is CCNCc1cccnc1Sc1nnc(SC)s1. The van der Waals surface area contributed by atoms with Gasteiger partial charge in [-0.1, -0.05) is 36.1 Å². The van der Waals surface area contributed by atoms with E-state index in [9.17, 15) is 0 Å². The van der Waals surface area contributed by atoms with E-state index in [4.69, 9.17) is 0 Å². The second kappa shape index (κ2) is 7.08. The molecule has 0 aliphatic heterocycles. The molecule has 18 heavy (non-hydrogen) atoms. The quantitative estimate of drug-likeness (QED) is 0.828. The third-order valence-corrected chi connectivity index (χ3v) is 5.17. The zero-order valence-corrected chi connectivity index (χ0v) is 12.7. The van der Waals surface area contributed by atoms with Crippen LogP contribution in [0.4, 0.5) is 0 Å². The molecule has 0 aliphatic carbocycles. The fourth-order valence-electron chi connectivity index (χ4n) is 1.31. The van der Waals surface area contributed by atoms with Gasteiger partial charge in [0.15, 0.2) is 8.68 Å². The normalized spacial score (nSPS) is 10.8. The van der Waals surface area contributed by atoms with Gasteiger partial charge in [-0.3, -0.25) is 0 Å². The Morgan fingerprint density at radius 1 is 1.33 bits per heavy atom. The van der Waals surface area contributed by atoms with Crippen molar-refractivity contribution in [1.82, 2.24) is 20.5 Å². The number of rotatable bonds is 6. The fraction of sp³-hybridized carbons (Fsp3) is 0.364. The molecule has 0 radical (unpaired) electrons. The Morgan fingerprint density at radius 3 is 2.89 bits per heavy atom. The summed E-state index contributed by atoms with van der Waals surface area (Å²) in [6, 6.07) is 4.05. The molecule has 1 N–H and O–H groups in total. The molecule has 0 fully saturated rings. The Labute approximate surface area is 119 Å². The summed E-state index contributed by atoms with van der Waals surface area (Å²) in [4.78, 5) is 4.42. The van der Waals surface area contributed by atoms with E-state index in [2.05, 4.69) is 33.5 Å². The van der Waals surface area contributed by atoms with Crippen molar-refractivity contribution >= 4 is 34.9 Å². The predicted octanol–water partition coefficient (Wildman–Crippen LogP) is 2.92. The second-order valence-electron chi connectivity index (χ2n) is 3.39. The molecule has 7 heteroatoms. The van der Waals surface area contributed by atoms with Crippen LogP contribution >= 0.6 is 34.9 Å². The van der Waals surface area contributed by atoms with E-state index < -0.39 is 0 Å². The monoisotopic (exact) mass is 298 g/mol. The summed E-state index contributed by atoms with van der Waals surface area (Å²) in [6.45, 7) is 3.88. The zero-order valence-electron chi connectivity index (χ0n) is 10.2. The molecule has 2 heterocycles. The van der Waals surface area contributed by atoms with E-state index in [-0.39, 0.29) is 0 Å². The Balaban J connectivity index is 2.12. The summed E-state index contributed by atoms with van der Waals surface area (Å²) in [5.74, 6) is 0. The average molecular weight is 298 g/mol. The summed E-state index contributed by atoms with van der Waals surface area (Å²) in [6.07, 6.45) is 3.82.